The van der Waals surface area contributed by atoms with Gasteiger partial charge >= 0.3 is 0 Å². The number of ether oxygens (including phenoxy) is 1. The minimum Gasteiger partial charge on any atom is -0.472 e. The van der Waals surface area contributed by atoms with Crippen LogP contribution in [0.1, 0.15) is 48.3 Å². The van der Waals surface area contributed by atoms with E-state index in [2.05, 4.69) is 25.9 Å². The summed E-state index contributed by atoms with van der Waals surface area (Å²) in [6, 6.07) is 1.71. The molecule has 0 aromatic carbocycles. The van der Waals surface area contributed by atoms with Gasteiger partial charge in [0.2, 0.25) is 12.3 Å². The Morgan fingerprint density at radius 1 is 1.26 bits per heavy atom. The van der Waals surface area contributed by atoms with E-state index in [1.807, 2.05) is 13.8 Å². The maximum Gasteiger partial charge on any atom is 0.267 e. The average molecular weight is 436 g/mol. The number of nitrogens with zero attached hydrogens (tertiary/aromatic N) is 4. The SMILES string of the molecule is CC(C)Oc1nocc1C(=O)NCc1cn2ncc(CNC(=O)CCC(F)F)cc2n1. The molecule has 0 saturated heterocycles. The second-order valence-electron chi connectivity index (χ2n) is 6.99. The molecule has 2 N–H and O–H groups in total. The molecule has 0 saturated carbocycles. The number of amides is 2. The quantitative estimate of drug-likeness (QED) is 0.499. The van der Waals surface area contributed by atoms with Gasteiger partial charge in [-0.1, -0.05) is 0 Å². The fraction of sp³-hybridized carbons (Fsp3) is 0.421. The first kappa shape index (κ1) is 22.1. The van der Waals surface area contributed by atoms with Crippen molar-refractivity contribution in [3.8, 4) is 5.88 Å². The van der Waals surface area contributed by atoms with Crippen LogP contribution >= 0.6 is 0 Å². The van der Waals surface area contributed by atoms with Gasteiger partial charge in [-0.05, 0) is 30.6 Å². The third kappa shape index (κ3) is 6.20. The summed E-state index contributed by atoms with van der Waals surface area (Å²) in [4.78, 5) is 28.3. The average Bonchev–Trinajstić information content (AvgIpc) is 3.34. The van der Waals surface area contributed by atoms with Crippen molar-refractivity contribution in [2.45, 2.75) is 52.3 Å². The summed E-state index contributed by atoms with van der Waals surface area (Å²) in [5.41, 5.74) is 1.92. The second kappa shape index (κ2) is 9.96. The number of hydrogen-bond donors (Lipinski definition) is 2. The largest absolute Gasteiger partial charge is 0.472 e. The lowest BCUT2D eigenvalue weighted by Gasteiger charge is -2.07. The molecule has 0 unspecified atom stereocenters. The fourth-order valence-electron chi connectivity index (χ4n) is 2.63. The highest BCUT2D eigenvalue weighted by Crippen LogP contribution is 2.17. The lowest BCUT2D eigenvalue weighted by Crippen LogP contribution is -2.23. The number of alkyl halides is 2. The highest BCUT2D eigenvalue weighted by molar-refractivity contribution is 5.95. The predicted octanol–water partition coefficient (Wildman–Crippen LogP) is 2.10. The van der Waals surface area contributed by atoms with Crippen molar-refractivity contribution in [2.24, 2.45) is 0 Å². The van der Waals surface area contributed by atoms with Crippen LogP contribution in [0.5, 0.6) is 5.88 Å². The molecule has 31 heavy (non-hydrogen) atoms. The van der Waals surface area contributed by atoms with Gasteiger partial charge in [0.05, 0.1) is 30.7 Å². The lowest BCUT2D eigenvalue weighted by molar-refractivity contribution is -0.122. The molecule has 3 aromatic heterocycles. The summed E-state index contributed by atoms with van der Waals surface area (Å²) in [5.74, 6) is -0.764. The van der Waals surface area contributed by atoms with Gasteiger partial charge in [0.15, 0.2) is 5.65 Å². The van der Waals surface area contributed by atoms with E-state index in [-0.39, 0.29) is 37.1 Å². The third-order valence-corrected chi connectivity index (χ3v) is 4.06. The minimum absolute atomic E-state index is 0.115. The molecule has 12 heteroatoms. The third-order valence-electron chi connectivity index (χ3n) is 4.06. The van der Waals surface area contributed by atoms with Crippen molar-refractivity contribution in [2.75, 3.05) is 0 Å². The topological polar surface area (TPSA) is 124 Å². The number of rotatable bonds is 10. The zero-order chi connectivity index (χ0) is 22.4. The molecular weight excluding hydrogens is 414 g/mol. The van der Waals surface area contributed by atoms with E-state index < -0.39 is 24.7 Å². The van der Waals surface area contributed by atoms with Crippen molar-refractivity contribution < 1.29 is 27.6 Å². The van der Waals surface area contributed by atoms with E-state index in [1.165, 1.54) is 17.0 Å². The standard InChI is InChI=1S/C19H22F2N6O4/c1-11(2)31-19-14(10-30-26-19)18(29)23-8-13-9-27-16(25-13)5-12(7-24-27)6-22-17(28)4-3-15(20)21/h5,7,9-11,15H,3-4,6,8H2,1-2H3,(H,22,28)(H,23,29). The molecule has 0 fully saturated rings. The minimum atomic E-state index is -2.51. The summed E-state index contributed by atoms with van der Waals surface area (Å²) in [6.45, 7) is 3.90. The summed E-state index contributed by atoms with van der Waals surface area (Å²) >= 11 is 0. The number of halogens is 2. The zero-order valence-corrected chi connectivity index (χ0v) is 17.0. The van der Waals surface area contributed by atoms with E-state index in [0.717, 1.165) is 0 Å². The van der Waals surface area contributed by atoms with Crippen molar-refractivity contribution in [1.29, 1.82) is 0 Å². The molecule has 0 atom stereocenters. The number of hydrogen-bond acceptors (Lipinski definition) is 7. The van der Waals surface area contributed by atoms with Gasteiger partial charge < -0.3 is 19.9 Å². The molecule has 3 aromatic rings. The smallest absolute Gasteiger partial charge is 0.267 e. The van der Waals surface area contributed by atoms with Gasteiger partial charge in [0.25, 0.3) is 11.8 Å². The number of carbonyl (C=O) groups excluding carboxylic acids is 2. The summed E-state index contributed by atoms with van der Waals surface area (Å²) < 4.78 is 36.1. The van der Waals surface area contributed by atoms with Crippen LogP contribution < -0.4 is 15.4 Å². The molecule has 0 aliphatic rings. The Hall–Kier alpha value is -3.57. The Kier molecular flexibility index (Phi) is 7.11. The van der Waals surface area contributed by atoms with Crippen LogP contribution in [0.25, 0.3) is 5.65 Å². The normalized spacial score (nSPS) is 11.3. The molecule has 3 heterocycles. The number of imidazole rings is 1. The Morgan fingerprint density at radius 3 is 2.81 bits per heavy atom. The molecule has 0 aliphatic heterocycles. The molecular formula is C19H22F2N6O4. The summed E-state index contributed by atoms with van der Waals surface area (Å²) in [7, 11) is 0. The van der Waals surface area contributed by atoms with Gasteiger partial charge in [-0.2, -0.15) is 5.10 Å². The number of fused-ring (bicyclic) bond motifs is 1. The second-order valence-corrected chi connectivity index (χ2v) is 6.99. The molecule has 0 radical (unpaired) electrons. The van der Waals surface area contributed by atoms with Crippen LogP contribution in [-0.4, -0.2) is 44.1 Å². The summed E-state index contributed by atoms with van der Waals surface area (Å²) in [6.07, 6.45) is 1.02. The van der Waals surface area contributed by atoms with Crippen LogP contribution in [0.3, 0.4) is 0 Å². The first-order chi connectivity index (χ1) is 14.8. The van der Waals surface area contributed by atoms with Crippen LogP contribution in [-0.2, 0) is 17.9 Å². The van der Waals surface area contributed by atoms with Crippen LogP contribution in [0.4, 0.5) is 8.78 Å². The van der Waals surface area contributed by atoms with Gasteiger partial charge in [-0.25, -0.2) is 18.3 Å². The number of nitrogens with one attached hydrogen (secondary N) is 2. The van der Waals surface area contributed by atoms with E-state index in [4.69, 9.17) is 9.26 Å². The monoisotopic (exact) mass is 436 g/mol. The first-order valence-corrected chi connectivity index (χ1v) is 9.59. The molecule has 0 aliphatic carbocycles. The summed E-state index contributed by atoms with van der Waals surface area (Å²) in [5, 5.41) is 13.2. The van der Waals surface area contributed by atoms with Gasteiger partial charge in [0.1, 0.15) is 11.8 Å². The van der Waals surface area contributed by atoms with Gasteiger partial charge in [0, 0.05) is 19.4 Å². The van der Waals surface area contributed by atoms with E-state index in [9.17, 15) is 18.4 Å². The molecule has 3 rings (SSSR count). The number of carbonyl (C=O) groups is 2. The first-order valence-electron chi connectivity index (χ1n) is 9.59. The highest BCUT2D eigenvalue weighted by Gasteiger charge is 2.18. The van der Waals surface area contributed by atoms with E-state index >= 15 is 0 Å². The van der Waals surface area contributed by atoms with Crippen LogP contribution in [0, 0.1) is 0 Å². The fourth-order valence-corrected chi connectivity index (χ4v) is 2.63. The van der Waals surface area contributed by atoms with Crippen molar-refractivity contribution >= 4 is 17.5 Å². The molecule has 166 valence electrons. The van der Waals surface area contributed by atoms with Gasteiger partial charge in [-0.3, -0.25) is 9.59 Å². The van der Waals surface area contributed by atoms with E-state index in [0.29, 0.717) is 16.9 Å². The van der Waals surface area contributed by atoms with Crippen molar-refractivity contribution in [3.05, 3.63) is 41.5 Å². The van der Waals surface area contributed by atoms with Crippen molar-refractivity contribution in [1.82, 2.24) is 30.4 Å². The molecule has 0 bridgehead atoms. The maximum absolute atomic E-state index is 12.4. The molecule has 10 nitrogen and oxygen atoms in total. The van der Waals surface area contributed by atoms with Gasteiger partial charge in [-0.15, -0.1) is 0 Å². The molecule has 2 amide bonds. The number of aromatic nitrogens is 4. The van der Waals surface area contributed by atoms with E-state index in [1.54, 1.807) is 12.3 Å². The predicted molar refractivity (Wildman–Crippen MR) is 104 cm³/mol. The Morgan fingerprint density at radius 2 is 2.06 bits per heavy atom. The van der Waals surface area contributed by atoms with Crippen molar-refractivity contribution in [3.63, 3.8) is 0 Å². The molecule has 0 spiro atoms. The maximum atomic E-state index is 12.4. The zero-order valence-electron chi connectivity index (χ0n) is 17.0. The lowest BCUT2D eigenvalue weighted by atomic mass is 10.2. The Labute approximate surface area is 175 Å². The van der Waals surface area contributed by atoms with Crippen LogP contribution in [0.15, 0.2) is 29.2 Å². The van der Waals surface area contributed by atoms with Crippen LogP contribution in [0.2, 0.25) is 0 Å². The Bertz CT molecular complexity index is 1050. The Balaban J connectivity index is 1.57. The highest BCUT2D eigenvalue weighted by atomic mass is 19.3.